The summed E-state index contributed by atoms with van der Waals surface area (Å²) in [6, 6.07) is -0.116. The maximum atomic E-state index is 13.0. The Kier molecular flexibility index (Phi) is 7.40. The van der Waals surface area contributed by atoms with Crippen molar-refractivity contribution in [3.8, 4) is 0 Å². The molecular formula is C22H37F3N4O. The first-order chi connectivity index (χ1) is 14.4. The van der Waals surface area contributed by atoms with Crippen LogP contribution in [0.1, 0.15) is 51.4 Å². The van der Waals surface area contributed by atoms with Gasteiger partial charge in [0, 0.05) is 37.2 Å². The van der Waals surface area contributed by atoms with Gasteiger partial charge in [-0.3, -0.25) is 10.6 Å². The van der Waals surface area contributed by atoms with E-state index in [-0.39, 0.29) is 12.2 Å². The molecule has 0 spiro atoms. The van der Waals surface area contributed by atoms with Crippen molar-refractivity contribution in [2.75, 3.05) is 26.7 Å². The van der Waals surface area contributed by atoms with E-state index in [2.05, 4.69) is 27.3 Å². The largest absolute Gasteiger partial charge is 0.390 e. The van der Waals surface area contributed by atoms with Crippen molar-refractivity contribution in [1.82, 2.24) is 21.3 Å². The summed E-state index contributed by atoms with van der Waals surface area (Å²) in [6.45, 7) is 2.82. The minimum absolute atomic E-state index is 0.0853. The van der Waals surface area contributed by atoms with Gasteiger partial charge in [0.1, 0.15) is 0 Å². The number of alkyl halides is 3. The highest BCUT2D eigenvalue weighted by Crippen LogP contribution is 2.42. The third kappa shape index (κ3) is 5.76. The van der Waals surface area contributed by atoms with E-state index in [1.54, 1.807) is 0 Å². The van der Waals surface area contributed by atoms with Crippen molar-refractivity contribution >= 4 is 0 Å². The van der Waals surface area contributed by atoms with E-state index in [1.165, 1.54) is 5.57 Å². The minimum atomic E-state index is -4.14. The molecule has 7 unspecified atom stereocenters. The molecule has 0 amide bonds. The van der Waals surface area contributed by atoms with Gasteiger partial charge in [0.15, 0.2) is 0 Å². The zero-order valence-corrected chi connectivity index (χ0v) is 17.9. The molecule has 30 heavy (non-hydrogen) atoms. The molecule has 172 valence electrons. The number of halogens is 3. The maximum Gasteiger partial charge on any atom is 0.390 e. The molecule has 8 heteroatoms. The molecule has 3 fully saturated rings. The molecule has 0 aromatic rings. The van der Waals surface area contributed by atoms with Crippen LogP contribution in [0.3, 0.4) is 0 Å². The van der Waals surface area contributed by atoms with Gasteiger partial charge in [-0.1, -0.05) is 11.6 Å². The predicted molar refractivity (Wildman–Crippen MR) is 111 cm³/mol. The molecule has 3 heterocycles. The molecule has 3 aliphatic heterocycles. The number of fused-ring (bicyclic) bond motifs is 1. The highest BCUT2D eigenvalue weighted by Gasteiger charge is 2.44. The van der Waals surface area contributed by atoms with Crippen LogP contribution in [0.25, 0.3) is 0 Å². The van der Waals surface area contributed by atoms with Gasteiger partial charge in [-0.15, -0.1) is 0 Å². The second-order valence-corrected chi connectivity index (χ2v) is 9.60. The van der Waals surface area contributed by atoms with Crippen molar-refractivity contribution in [2.24, 2.45) is 11.8 Å². The Morgan fingerprint density at radius 2 is 2.03 bits per heavy atom. The molecule has 0 bridgehead atoms. The molecule has 1 saturated carbocycles. The maximum absolute atomic E-state index is 13.0. The highest BCUT2D eigenvalue weighted by molar-refractivity contribution is 5.15. The summed E-state index contributed by atoms with van der Waals surface area (Å²) in [5.41, 5.74) is 1.52. The summed E-state index contributed by atoms with van der Waals surface area (Å²) >= 11 is 0. The molecule has 1 aliphatic carbocycles. The molecule has 5 nitrogen and oxygen atoms in total. The van der Waals surface area contributed by atoms with Gasteiger partial charge in [0.2, 0.25) is 0 Å². The van der Waals surface area contributed by atoms with Crippen molar-refractivity contribution in [3.63, 3.8) is 0 Å². The van der Waals surface area contributed by atoms with Gasteiger partial charge in [-0.25, -0.2) is 0 Å². The number of piperidine rings is 1. The predicted octanol–water partition coefficient (Wildman–Crippen LogP) is 2.69. The van der Waals surface area contributed by atoms with Crippen LogP contribution in [0.4, 0.5) is 13.2 Å². The monoisotopic (exact) mass is 430 g/mol. The fourth-order valence-electron chi connectivity index (χ4n) is 6.12. The quantitative estimate of drug-likeness (QED) is 0.506. The molecule has 7 atom stereocenters. The Labute approximate surface area is 177 Å². The molecule has 0 aromatic heterocycles. The Morgan fingerprint density at radius 1 is 1.17 bits per heavy atom. The van der Waals surface area contributed by atoms with E-state index in [0.29, 0.717) is 30.4 Å². The molecule has 2 saturated heterocycles. The third-order valence-corrected chi connectivity index (χ3v) is 7.44. The molecule has 4 aliphatic rings. The Balaban J connectivity index is 1.42. The molecule has 0 aromatic carbocycles. The SMILES string of the molecule is CNC1CC(CC(F)(F)F)NC(NC2CC3CCOC3C(C3=CCNCCC3)C2)C1. The fourth-order valence-corrected chi connectivity index (χ4v) is 6.12. The summed E-state index contributed by atoms with van der Waals surface area (Å²) in [7, 11) is 1.85. The molecule has 4 rings (SSSR count). The van der Waals surface area contributed by atoms with Crippen molar-refractivity contribution < 1.29 is 17.9 Å². The number of hydrogen-bond donors (Lipinski definition) is 4. The van der Waals surface area contributed by atoms with Gasteiger partial charge in [0.25, 0.3) is 0 Å². The van der Waals surface area contributed by atoms with Crippen LogP contribution in [0.2, 0.25) is 0 Å². The lowest BCUT2D eigenvalue weighted by molar-refractivity contribution is -0.142. The normalized spacial score (nSPS) is 40.5. The van der Waals surface area contributed by atoms with Crippen LogP contribution in [-0.2, 0) is 4.74 Å². The average Bonchev–Trinajstić information content (AvgIpc) is 2.99. The lowest BCUT2D eigenvalue weighted by Crippen LogP contribution is -2.60. The first-order valence-corrected chi connectivity index (χ1v) is 11.7. The fraction of sp³-hybridized carbons (Fsp3) is 0.909. The average molecular weight is 431 g/mol. The van der Waals surface area contributed by atoms with E-state index in [4.69, 9.17) is 4.74 Å². The summed E-state index contributed by atoms with van der Waals surface area (Å²) in [5, 5.41) is 13.6. The summed E-state index contributed by atoms with van der Waals surface area (Å²) in [4.78, 5) is 0. The van der Waals surface area contributed by atoms with E-state index in [1.807, 2.05) is 7.05 Å². The van der Waals surface area contributed by atoms with Crippen LogP contribution in [0.15, 0.2) is 11.6 Å². The zero-order valence-electron chi connectivity index (χ0n) is 17.9. The van der Waals surface area contributed by atoms with Crippen LogP contribution in [-0.4, -0.2) is 63.3 Å². The van der Waals surface area contributed by atoms with Gasteiger partial charge in [-0.2, -0.15) is 13.2 Å². The van der Waals surface area contributed by atoms with Crippen LogP contribution < -0.4 is 21.3 Å². The van der Waals surface area contributed by atoms with Crippen LogP contribution >= 0.6 is 0 Å². The summed E-state index contributed by atoms with van der Waals surface area (Å²) in [6.07, 6.45) is 4.44. The van der Waals surface area contributed by atoms with Crippen LogP contribution in [0, 0.1) is 11.8 Å². The van der Waals surface area contributed by atoms with Gasteiger partial charge in [-0.05, 0) is 64.5 Å². The van der Waals surface area contributed by atoms with Crippen molar-refractivity contribution in [3.05, 3.63) is 11.6 Å². The number of nitrogens with one attached hydrogen (secondary N) is 4. The van der Waals surface area contributed by atoms with E-state index < -0.39 is 18.6 Å². The van der Waals surface area contributed by atoms with Crippen LogP contribution in [0.5, 0.6) is 0 Å². The van der Waals surface area contributed by atoms with E-state index in [0.717, 1.165) is 58.2 Å². The topological polar surface area (TPSA) is 57.3 Å². The number of ether oxygens (including phenoxy) is 1. The van der Waals surface area contributed by atoms with Gasteiger partial charge < -0.3 is 15.4 Å². The second kappa shape index (κ2) is 9.86. The molecule has 0 radical (unpaired) electrons. The first kappa shape index (κ1) is 22.5. The smallest absolute Gasteiger partial charge is 0.377 e. The number of rotatable bonds is 5. The Bertz CT molecular complexity index is 599. The van der Waals surface area contributed by atoms with Crippen molar-refractivity contribution in [1.29, 1.82) is 0 Å². The molecular weight excluding hydrogens is 393 g/mol. The van der Waals surface area contributed by atoms with Crippen molar-refractivity contribution in [2.45, 2.75) is 87.9 Å². The minimum Gasteiger partial charge on any atom is -0.377 e. The summed E-state index contributed by atoms with van der Waals surface area (Å²) < 4.78 is 45.1. The first-order valence-electron chi connectivity index (χ1n) is 11.7. The lowest BCUT2D eigenvalue weighted by atomic mass is 9.72. The zero-order chi connectivity index (χ0) is 21.1. The third-order valence-electron chi connectivity index (χ3n) is 7.44. The standard InChI is InChI=1S/C22H37F3N4O/c1-26-16-10-18(13-22(23,24)25)29-20(12-16)28-17-9-15-5-8-30-21(15)19(11-17)14-3-2-6-27-7-4-14/h4,15-21,26-29H,2-3,5-13H2,1H3. The second-order valence-electron chi connectivity index (χ2n) is 9.60. The van der Waals surface area contributed by atoms with E-state index >= 15 is 0 Å². The van der Waals surface area contributed by atoms with E-state index in [9.17, 15) is 13.2 Å². The Morgan fingerprint density at radius 3 is 2.83 bits per heavy atom. The highest BCUT2D eigenvalue weighted by atomic mass is 19.4. The summed E-state index contributed by atoms with van der Waals surface area (Å²) in [5.74, 6) is 0.978. The Hall–Kier alpha value is -0.670. The number of hydrogen-bond acceptors (Lipinski definition) is 5. The lowest BCUT2D eigenvalue weighted by Gasteiger charge is -2.43. The van der Waals surface area contributed by atoms with Gasteiger partial charge >= 0.3 is 6.18 Å². The molecule has 4 N–H and O–H groups in total. The van der Waals surface area contributed by atoms with Gasteiger partial charge in [0.05, 0.1) is 18.7 Å².